The summed E-state index contributed by atoms with van der Waals surface area (Å²) in [4.78, 5) is 38.1. The molecule has 0 atom stereocenters. The van der Waals surface area contributed by atoms with Gasteiger partial charge >= 0.3 is 0 Å². The smallest absolute Gasteiger partial charge is 0.292 e. The van der Waals surface area contributed by atoms with Gasteiger partial charge in [0.25, 0.3) is 11.6 Å². The highest BCUT2D eigenvalue weighted by molar-refractivity contribution is 6.05. The van der Waals surface area contributed by atoms with Crippen molar-refractivity contribution in [1.29, 1.82) is 0 Å². The molecule has 4 N–H and O–H groups in total. The van der Waals surface area contributed by atoms with Gasteiger partial charge in [0.2, 0.25) is 5.91 Å². The summed E-state index contributed by atoms with van der Waals surface area (Å²) in [7, 11) is 0. The molecule has 1 aromatic carbocycles. The third-order valence-electron chi connectivity index (χ3n) is 3.71. The van der Waals surface area contributed by atoms with Crippen molar-refractivity contribution >= 4 is 34.7 Å². The summed E-state index contributed by atoms with van der Waals surface area (Å²) in [5.74, 6) is -0.112. The lowest BCUT2D eigenvalue weighted by molar-refractivity contribution is -0.383. The van der Waals surface area contributed by atoms with Gasteiger partial charge in [0.1, 0.15) is 11.5 Å². The highest BCUT2D eigenvalue weighted by Gasteiger charge is 2.29. The molecule has 0 saturated heterocycles. The van der Waals surface area contributed by atoms with Crippen molar-refractivity contribution in [2.24, 2.45) is 5.92 Å². The van der Waals surface area contributed by atoms with Crippen molar-refractivity contribution in [3.05, 3.63) is 52.2 Å². The molecule has 1 saturated carbocycles. The molecule has 9 heteroatoms. The van der Waals surface area contributed by atoms with Crippen molar-refractivity contribution in [3.63, 3.8) is 0 Å². The first kappa shape index (κ1) is 16.4. The fraction of sp³-hybridized carbons (Fsp3) is 0.188. The van der Waals surface area contributed by atoms with Gasteiger partial charge in [-0.25, -0.2) is 4.98 Å². The van der Waals surface area contributed by atoms with Crippen molar-refractivity contribution in [1.82, 2.24) is 4.98 Å². The highest BCUT2D eigenvalue weighted by Crippen LogP contribution is 2.30. The Balaban J connectivity index is 1.67. The lowest BCUT2D eigenvalue weighted by Gasteiger charge is -2.07. The van der Waals surface area contributed by atoms with Crippen molar-refractivity contribution in [3.8, 4) is 0 Å². The number of rotatable bonds is 5. The average molecular weight is 341 g/mol. The molecule has 0 radical (unpaired) electrons. The van der Waals surface area contributed by atoms with Crippen LogP contribution in [0, 0.1) is 16.0 Å². The van der Waals surface area contributed by atoms with E-state index in [1.165, 1.54) is 18.3 Å². The van der Waals surface area contributed by atoms with Crippen LogP contribution in [0.3, 0.4) is 0 Å². The molecule has 0 bridgehead atoms. The summed E-state index contributed by atoms with van der Waals surface area (Å²) in [6.45, 7) is 0. The lowest BCUT2D eigenvalue weighted by atomic mass is 10.1. The summed E-state index contributed by atoms with van der Waals surface area (Å²) in [5.41, 5.74) is 5.66. The fourth-order valence-corrected chi connectivity index (χ4v) is 2.16. The van der Waals surface area contributed by atoms with E-state index in [0.717, 1.165) is 18.9 Å². The molecule has 0 aliphatic heterocycles. The van der Waals surface area contributed by atoms with E-state index in [1.54, 1.807) is 12.1 Å². The molecular formula is C16H15N5O4. The molecule has 0 unspecified atom stereocenters. The maximum atomic E-state index is 12.2. The summed E-state index contributed by atoms with van der Waals surface area (Å²) in [6, 6.07) is 6.97. The van der Waals surface area contributed by atoms with Crippen molar-refractivity contribution in [2.75, 3.05) is 16.4 Å². The first-order chi connectivity index (χ1) is 11.9. The fourth-order valence-electron chi connectivity index (χ4n) is 2.16. The second-order valence-electron chi connectivity index (χ2n) is 5.68. The number of nitrogen functional groups attached to an aromatic ring is 1. The van der Waals surface area contributed by atoms with Gasteiger partial charge in [0.05, 0.1) is 16.8 Å². The minimum absolute atomic E-state index is 0.0148. The largest absolute Gasteiger partial charge is 0.393 e. The van der Waals surface area contributed by atoms with Gasteiger partial charge in [-0.1, -0.05) is 0 Å². The van der Waals surface area contributed by atoms with Crippen LogP contribution in [0.4, 0.5) is 22.9 Å². The van der Waals surface area contributed by atoms with Crippen LogP contribution in [0.2, 0.25) is 0 Å². The zero-order valence-electron chi connectivity index (χ0n) is 13.1. The monoisotopic (exact) mass is 341 g/mol. The zero-order chi connectivity index (χ0) is 18.0. The number of pyridine rings is 1. The number of aromatic nitrogens is 1. The third kappa shape index (κ3) is 3.89. The second-order valence-corrected chi connectivity index (χ2v) is 5.68. The molecule has 1 aliphatic carbocycles. The number of hydrogen-bond donors (Lipinski definition) is 3. The molecule has 2 amide bonds. The molecule has 0 spiro atoms. The minimum atomic E-state index is -0.648. The molecule has 25 heavy (non-hydrogen) atoms. The van der Waals surface area contributed by atoms with E-state index in [2.05, 4.69) is 15.6 Å². The van der Waals surface area contributed by atoms with Gasteiger partial charge in [-0.15, -0.1) is 0 Å². The van der Waals surface area contributed by atoms with Crippen molar-refractivity contribution < 1.29 is 14.5 Å². The normalized spacial score (nSPS) is 13.1. The molecule has 1 heterocycles. The van der Waals surface area contributed by atoms with Crippen LogP contribution in [0.5, 0.6) is 0 Å². The van der Waals surface area contributed by atoms with E-state index < -0.39 is 10.8 Å². The number of carbonyl (C=O) groups excluding carboxylic acids is 2. The molecular weight excluding hydrogens is 326 g/mol. The van der Waals surface area contributed by atoms with E-state index in [-0.39, 0.29) is 28.8 Å². The summed E-state index contributed by atoms with van der Waals surface area (Å²) < 4.78 is 0. The molecule has 1 aliphatic rings. The Morgan fingerprint density at radius 1 is 1.20 bits per heavy atom. The van der Waals surface area contributed by atoms with Gasteiger partial charge in [0.15, 0.2) is 0 Å². The van der Waals surface area contributed by atoms with Crippen LogP contribution in [-0.4, -0.2) is 21.7 Å². The molecule has 128 valence electrons. The maximum Gasteiger partial charge on any atom is 0.292 e. The van der Waals surface area contributed by atoms with E-state index in [1.807, 2.05) is 0 Å². The number of nitrogens with two attached hydrogens (primary N) is 1. The highest BCUT2D eigenvalue weighted by atomic mass is 16.6. The zero-order valence-corrected chi connectivity index (χ0v) is 13.1. The number of hydrogen-bond acceptors (Lipinski definition) is 6. The van der Waals surface area contributed by atoms with E-state index in [4.69, 9.17) is 5.73 Å². The number of benzene rings is 1. The number of nitro groups is 1. The number of carbonyl (C=O) groups is 2. The average Bonchev–Trinajstić information content (AvgIpc) is 3.41. The Labute approximate surface area is 142 Å². The molecule has 1 aromatic heterocycles. The number of nitrogens with one attached hydrogen (secondary N) is 2. The number of nitrogens with zero attached hydrogens (tertiary/aromatic N) is 2. The summed E-state index contributed by atoms with van der Waals surface area (Å²) >= 11 is 0. The predicted octanol–water partition coefficient (Wildman–Crippen LogP) is 2.17. The van der Waals surface area contributed by atoms with E-state index in [0.29, 0.717) is 11.5 Å². The van der Waals surface area contributed by atoms with Crippen LogP contribution in [0.25, 0.3) is 0 Å². The topological polar surface area (TPSA) is 140 Å². The molecule has 2 aromatic rings. The van der Waals surface area contributed by atoms with Gasteiger partial charge in [-0.3, -0.25) is 19.7 Å². The standard InChI is InChI=1S/C16H15N5O4/c17-12-5-3-10(7-13(12)21(24)25)16(23)19-11-4-6-14(18-8-11)20-15(22)9-1-2-9/h3-9H,1-2,17H2,(H,19,23)(H,18,20,22). The van der Waals surface area contributed by atoms with E-state index >= 15 is 0 Å². The predicted molar refractivity (Wildman–Crippen MR) is 91.1 cm³/mol. The van der Waals surface area contributed by atoms with Crippen molar-refractivity contribution in [2.45, 2.75) is 12.8 Å². The Morgan fingerprint density at radius 3 is 2.56 bits per heavy atom. The van der Waals surface area contributed by atoms with Crippen LogP contribution >= 0.6 is 0 Å². The second kappa shape index (κ2) is 6.56. The number of amides is 2. The van der Waals surface area contributed by atoms with Gasteiger partial charge in [-0.05, 0) is 37.1 Å². The van der Waals surface area contributed by atoms with Gasteiger partial charge in [-0.2, -0.15) is 0 Å². The Morgan fingerprint density at radius 2 is 1.96 bits per heavy atom. The number of anilines is 3. The SMILES string of the molecule is Nc1ccc(C(=O)Nc2ccc(NC(=O)C3CC3)nc2)cc1[N+](=O)[O-]. The third-order valence-corrected chi connectivity index (χ3v) is 3.71. The summed E-state index contributed by atoms with van der Waals surface area (Å²) in [5, 5.41) is 16.2. The van der Waals surface area contributed by atoms with Crippen LogP contribution in [0.1, 0.15) is 23.2 Å². The maximum absolute atomic E-state index is 12.2. The Hall–Kier alpha value is -3.49. The van der Waals surface area contributed by atoms with Gasteiger partial charge in [0, 0.05) is 17.5 Å². The quantitative estimate of drug-likeness (QED) is 0.432. The molecule has 3 rings (SSSR count). The Kier molecular flexibility index (Phi) is 4.29. The number of nitro benzene ring substituents is 1. The summed E-state index contributed by atoms with van der Waals surface area (Å²) in [6.07, 6.45) is 3.19. The van der Waals surface area contributed by atoms with Gasteiger partial charge < -0.3 is 16.4 Å². The molecule has 1 fully saturated rings. The van der Waals surface area contributed by atoms with E-state index in [9.17, 15) is 19.7 Å². The minimum Gasteiger partial charge on any atom is -0.393 e. The molecule has 9 nitrogen and oxygen atoms in total. The van der Waals surface area contributed by atoms with Crippen LogP contribution in [0.15, 0.2) is 36.5 Å². The van der Waals surface area contributed by atoms with Crippen LogP contribution < -0.4 is 16.4 Å². The first-order valence-electron chi connectivity index (χ1n) is 7.56. The Bertz CT molecular complexity index is 846. The lowest BCUT2D eigenvalue weighted by Crippen LogP contribution is -2.15. The first-order valence-corrected chi connectivity index (χ1v) is 7.56. The van der Waals surface area contributed by atoms with Crippen LogP contribution in [-0.2, 0) is 4.79 Å².